The molecule has 0 heterocycles. The third-order valence-electron chi connectivity index (χ3n) is 5.50. The van der Waals surface area contributed by atoms with Crippen molar-refractivity contribution in [2.45, 2.75) is 12.8 Å². The number of carbonyl (C=O) groups is 4. The second-order valence-electron chi connectivity index (χ2n) is 8.40. The van der Waals surface area contributed by atoms with E-state index in [1.165, 1.54) is 42.5 Å². The first-order valence-corrected chi connectivity index (χ1v) is 11.9. The number of anilines is 1. The fourth-order valence-corrected chi connectivity index (χ4v) is 3.84. The largest absolute Gasteiger partial charge is 0.480 e. The molecule has 12 heteroatoms. The molecule has 39 heavy (non-hydrogen) atoms. The molecule has 11 nitrogen and oxygen atoms in total. The Bertz CT molecular complexity index is 1410. The third kappa shape index (κ3) is 8.58. The van der Waals surface area contributed by atoms with E-state index < -0.39 is 30.4 Å². The summed E-state index contributed by atoms with van der Waals surface area (Å²) >= 11 is 6.33. The van der Waals surface area contributed by atoms with Crippen molar-refractivity contribution in [1.29, 1.82) is 5.41 Å². The molecule has 0 unspecified atom stereocenters. The smallest absolute Gasteiger partial charge is 0.343 e. The van der Waals surface area contributed by atoms with E-state index in [4.69, 9.17) is 32.6 Å². The number of amides is 1. The van der Waals surface area contributed by atoms with Gasteiger partial charge in [0.2, 0.25) is 5.91 Å². The normalized spacial score (nSPS) is 10.4. The molecule has 0 radical (unpaired) electrons. The third-order valence-corrected chi connectivity index (χ3v) is 5.85. The zero-order valence-electron chi connectivity index (χ0n) is 20.5. The van der Waals surface area contributed by atoms with Gasteiger partial charge in [0.1, 0.15) is 12.3 Å². The number of halogens is 1. The van der Waals surface area contributed by atoms with Gasteiger partial charge in [0.25, 0.3) is 0 Å². The Kier molecular flexibility index (Phi) is 9.60. The van der Waals surface area contributed by atoms with Crippen LogP contribution in [0.1, 0.15) is 31.8 Å². The molecule has 0 saturated heterocycles. The molecule has 0 aromatic heterocycles. The lowest BCUT2D eigenvalue weighted by Gasteiger charge is -2.21. The maximum atomic E-state index is 12.9. The maximum Gasteiger partial charge on any atom is 0.343 e. The van der Waals surface area contributed by atoms with Crippen molar-refractivity contribution in [3.63, 3.8) is 0 Å². The Balaban J connectivity index is 1.64. The van der Waals surface area contributed by atoms with Gasteiger partial charge in [0.05, 0.1) is 17.5 Å². The lowest BCUT2D eigenvalue weighted by Crippen LogP contribution is -2.38. The number of nitrogens with one attached hydrogen (secondary N) is 2. The minimum atomic E-state index is -1.19. The zero-order chi connectivity index (χ0) is 28.5. The number of rotatable bonds is 11. The van der Waals surface area contributed by atoms with E-state index >= 15 is 0 Å². The number of guanidine groups is 1. The van der Waals surface area contributed by atoms with Gasteiger partial charge in [-0.15, -0.1) is 0 Å². The molecule has 1 amide bonds. The number of benzene rings is 3. The van der Waals surface area contributed by atoms with Gasteiger partial charge >= 0.3 is 17.9 Å². The lowest BCUT2D eigenvalue weighted by atomic mass is 10.1. The number of hydrogen-bond acceptors (Lipinski definition) is 6. The number of aromatic carboxylic acids is 1. The topological polar surface area (TPSA) is 183 Å². The van der Waals surface area contributed by atoms with Crippen LogP contribution in [0.4, 0.5) is 5.69 Å². The standard InChI is InChI=1S/C27H25ClN4O7/c28-22-14-21(39-26(38)17-4-7-20(8-5-17)31-27(29)30)9-6-18(22)13-23(33)32(15-24(34)35)11-10-16-2-1-3-19(12-16)25(36)37/h1-9,12,14H,10-11,13,15H2,(H,34,35)(H,36,37)(H4,29,30,31). The average molecular weight is 553 g/mol. The van der Waals surface area contributed by atoms with Crippen LogP contribution in [0.2, 0.25) is 5.02 Å². The van der Waals surface area contributed by atoms with Gasteiger partial charge in [-0.05, 0) is 66.1 Å². The van der Waals surface area contributed by atoms with Crippen LogP contribution in [0, 0.1) is 5.41 Å². The first-order chi connectivity index (χ1) is 18.5. The number of esters is 1. The molecule has 0 bridgehead atoms. The predicted molar refractivity (Wildman–Crippen MR) is 143 cm³/mol. The minimum Gasteiger partial charge on any atom is -0.480 e. The number of carboxylic acids is 2. The van der Waals surface area contributed by atoms with Crippen LogP contribution in [0.15, 0.2) is 66.7 Å². The summed E-state index contributed by atoms with van der Waals surface area (Å²) in [6.07, 6.45) is 0.0642. The Morgan fingerprint density at radius 3 is 2.31 bits per heavy atom. The number of nitrogens with zero attached hydrogens (tertiary/aromatic N) is 1. The summed E-state index contributed by atoms with van der Waals surface area (Å²) < 4.78 is 5.35. The number of nitrogens with two attached hydrogens (primary N) is 1. The first-order valence-electron chi connectivity index (χ1n) is 11.6. The molecule has 202 valence electrons. The van der Waals surface area contributed by atoms with E-state index in [2.05, 4.69) is 5.32 Å². The molecule has 3 aromatic rings. The molecule has 0 atom stereocenters. The zero-order valence-corrected chi connectivity index (χ0v) is 21.3. The number of hydrogen-bond donors (Lipinski definition) is 5. The van der Waals surface area contributed by atoms with Crippen molar-refractivity contribution in [2.75, 3.05) is 18.4 Å². The van der Waals surface area contributed by atoms with E-state index in [1.807, 2.05) is 0 Å². The van der Waals surface area contributed by atoms with E-state index in [0.29, 0.717) is 16.8 Å². The van der Waals surface area contributed by atoms with E-state index in [-0.39, 0.29) is 47.2 Å². The number of carboxylic acid groups (broad SMARTS) is 2. The SMILES string of the molecule is N=C(N)Nc1ccc(C(=O)Oc2ccc(CC(=O)N(CCc3cccc(C(=O)O)c3)CC(=O)O)c(Cl)c2)cc1. The van der Waals surface area contributed by atoms with Crippen LogP contribution in [-0.4, -0.2) is 58.0 Å². The van der Waals surface area contributed by atoms with Crippen molar-refractivity contribution < 1.29 is 34.1 Å². The Hall–Kier alpha value is -4.90. The Labute approximate surface area is 228 Å². The summed E-state index contributed by atoms with van der Waals surface area (Å²) in [5.74, 6) is -3.51. The molecule has 0 spiro atoms. The Morgan fingerprint density at radius 1 is 0.974 bits per heavy atom. The van der Waals surface area contributed by atoms with Gasteiger partial charge in [-0.3, -0.25) is 15.0 Å². The fourth-order valence-electron chi connectivity index (χ4n) is 3.60. The Morgan fingerprint density at radius 2 is 1.69 bits per heavy atom. The summed E-state index contributed by atoms with van der Waals surface area (Å²) in [5.41, 5.74) is 7.20. The highest BCUT2D eigenvalue weighted by atomic mass is 35.5. The number of aliphatic carboxylic acids is 1. The van der Waals surface area contributed by atoms with E-state index in [0.717, 1.165) is 4.90 Å². The first kappa shape index (κ1) is 28.7. The van der Waals surface area contributed by atoms with Crippen molar-refractivity contribution in [1.82, 2.24) is 4.90 Å². The molecule has 0 fully saturated rings. The van der Waals surface area contributed by atoms with Crippen LogP contribution >= 0.6 is 11.6 Å². The van der Waals surface area contributed by atoms with Crippen molar-refractivity contribution in [3.8, 4) is 5.75 Å². The molecule has 0 aliphatic rings. The molecule has 0 aliphatic heterocycles. The monoisotopic (exact) mass is 552 g/mol. The van der Waals surface area contributed by atoms with Gasteiger partial charge in [-0.25, -0.2) is 9.59 Å². The van der Waals surface area contributed by atoms with E-state index in [9.17, 15) is 24.3 Å². The van der Waals surface area contributed by atoms with Crippen molar-refractivity contribution >= 4 is 47.1 Å². The predicted octanol–water partition coefficient (Wildman–Crippen LogP) is 3.26. The second kappa shape index (κ2) is 13.1. The van der Waals surface area contributed by atoms with E-state index in [1.54, 1.807) is 24.3 Å². The van der Waals surface area contributed by atoms with Gasteiger partial charge in [0, 0.05) is 17.3 Å². The summed E-state index contributed by atoms with van der Waals surface area (Å²) in [5, 5.41) is 28.4. The van der Waals surface area contributed by atoms with Crippen LogP contribution < -0.4 is 15.8 Å². The highest BCUT2D eigenvalue weighted by molar-refractivity contribution is 6.31. The van der Waals surface area contributed by atoms with Crippen LogP contribution in [0.3, 0.4) is 0 Å². The lowest BCUT2D eigenvalue weighted by molar-refractivity contribution is -0.144. The average Bonchev–Trinajstić information content (AvgIpc) is 2.88. The maximum absolute atomic E-state index is 12.9. The van der Waals surface area contributed by atoms with Crippen LogP contribution in [-0.2, 0) is 22.4 Å². The summed E-state index contributed by atoms with van der Waals surface area (Å²) in [6.45, 7) is -0.478. The molecule has 0 saturated carbocycles. The molecular formula is C27H25ClN4O7. The summed E-state index contributed by atoms with van der Waals surface area (Å²) in [4.78, 5) is 49.1. The van der Waals surface area contributed by atoms with Crippen LogP contribution in [0.5, 0.6) is 5.75 Å². The van der Waals surface area contributed by atoms with Crippen LogP contribution in [0.25, 0.3) is 0 Å². The quantitative estimate of drug-likeness (QED) is 0.103. The van der Waals surface area contributed by atoms with Crippen molar-refractivity contribution in [3.05, 3.63) is 94.0 Å². The van der Waals surface area contributed by atoms with Crippen molar-refractivity contribution in [2.24, 2.45) is 5.73 Å². The summed E-state index contributed by atoms with van der Waals surface area (Å²) in [7, 11) is 0. The number of carbonyl (C=O) groups excluding carboxylic acids is 2. The minimum absolute atomic E-state index is 0.0578. The fraction of sp³-hybridized carbons (Fsp3) is 0.148. The molecule has 3 aromatic carbocycles. The highest BCUT2D eigenvalue weighted by Crippen LogP contribution is 2.24. The second-order valence-corrected chi connectivity index (χ2v) is 8.81. The molecular weight excluding hydrogens is 528 g/mol. The molecule has 0 aliphatic carbocycles. The summed E-state index contributed by atoms with van der Waals surface area (Å²) in [6, 6.07) is 16.7. The molecule has 6 N–H and O–H groups in total. The van der Waals surface area contributed by atoms with Gasteiger partial charge in [0.15, 0.2) is 5.96 Å². The van der Waals surface area contributed by atoms with Gasteiger partial charge in [-0.2, -0.15) is 0 Å². The van der Waals surface area contributed by atoms with Gasteiger partial charge < -0.3 is 30.9 Å². The highest BCUT2D eigenvalue weighted by Gasteiger charge is 2.19. The van der Waals surface area contributed by atoms with Gasteiger partial charge in [-0.1, -0.05) is 29.8 Å². The number of ether oxygens (including phenoxy) is 1. The molecule has 3 rings (SSSR count).